The highest BCUT2D eigenvalue weighted by molar-refractivity contribution is 7.91. The predicted molar refractivity (Wildman–Crippen MR) is 76.2 cm³/mol. The molecule has 1 fully saturated rings. The maximum absolute atomic E-state index is 11.7. The maximum atomic E-state index is 11.7. The Morgan fingerprint density at radius 3 is 2.32 bits per heavy atom. The van der Waals surface area contributed by atoms with Gasteiger partial charge in [-0.15, -0.1) is 0 Å². The molecule has 1 saturated heterocycles. The van der Waals surface area contributed by atoms with Crippen LogP contribution in [0.4, 0.5) is 0 Å². The van der Waals surface area contributed by atoms with E-state index in [0.29, 0.717) is 22.0 Å². The predicted octanol–water partition coefficient (Wildman–Crippen LogP) is 1.79. The minimum Gasteiger partial charge on any atom is -0.388 e. The van der Waals surface area contributed by atoms with Crippen LogP contribution in [0.3, 0.4) is 0 Å². The zero-order chi connectivity index (χ0) is 14.3. The van der Waals surface area contributed by atoms with Crippen molar-refractivity contribution >= 4 is 33.0 Å². The fraction of sp³-hybridized carbons (Fsp3) is 0.500. The third kappa shape index (κ3) is 3.06. The largest absolute Gasteiger partial charge is 0.388 e. The van der Waals surface area contributed by atoms with Gasteiger partial charge in [-0.2, -0.15) is 0 Å². The lowest BCUT2D eigenvalue weighted by atomic mass is 9.78. The third-order valence-electron chi connectivity index (χ3n) is 3.61. The van der Waals surface area contributed by atoms with Gasteiger partial charge >= 0.3 is 0 Å². The summed E-state index contributed by atoms with van der Waals surface area (Å²) in [6.07, 6.45) is -0.650. The second-order valence-electron chi connectivity index (χ2n) is 5.01. The summed E-state index contributed by atoms with van der Waals surface area (Å²) in [5.41, 5.74) is 5.36. The van der Waals surface area contributed by atoms with E-state index >= 15 is 0 Å². The summed E-state index contributed by atoms with van der Waals surface area (Å²) in [5.74, 6) is -0.0582. The molecule has 1 aliphatic rings. The van der Waals surface area contributed by atoms with E-state index in [9.17, 15) is 13.5 Å². The maximum Gasteiger partial charge on any atom is 0.151 e. The van der Waals surface area contributed by atoms with E-state index in [1.807, 2.05) is 0 Å². The molecule has 2 atom stereocenters. The minimum atomic E-state index is -3.15. The Morgan fingerprint density at radius 2 is 1.89 bits per heavy atom. The zero-order valence-electron chi connectivity index (χ0n) is 10.1. The Kier molecular flexibility index (Phi) is 4.14. The number of hydrogen-bond acceptors (Lipinski definition) is 4. The lowest BCUT2D eigenvalue weighted by molar-refractivity contribution is 0.0472. The molecule has 1 aliphatic heterocycles. The van der Waals surface area contributed by atoms with Crippen molar-refractivity contribution in [1.29, 1.82) is 0 Å². The zero-order valence-corrected chi connectivity index (χ0v) is 12.5. The molecule has 2 rings (SSSR count). The van der Waals surface area contributed by atoms with Gasteiger partial charge in [0.1, 0.15) is 0 Å². The van der Waals surface area contributed by atoms with Crippen molar-refractivity contribution in [2.24, 2.45) is 11.1 Å². The molecule has 2 unspecified atom stereocenters. The molecule has 1 aromatic rings. The normalized spacial score (nSPS) is 27.4. The topological polar surface area (TPSA) is 80.4 Å². The van der Waals surface area contributed by atoms with Gasteiger partial charge in [0.05, 0.1) is 17.6 Å². The number of aliphatic hydroxyl groups excluding tert-OH is 1. The molecule has 0 bridgehead atoms. The molecule has 0 saturated carbocycles. The Morgan fingerprint density at radius 1 is 1.32 bits per heavy atom. The second-order valence-corrected chi connectivity index (χ2v) is 8.07. The average molecular weight is 324 g/mol. The molecular weight excluding hydrogens is 309 g/mol. The number of benzene rings is 1. The molecule has 4 nitrogen and oxygen atoms in total. The number of halogens is 2. The molecule has 0 radical (unpaired) electrons. The van der Waals surface area contributed by atoms with Crippen LogP contribution >= 0.6 is 23.2 Å². The number of hydrogen-bond donors (Lipinski definition) is 2. The highest BCUT2D eigenvalue weighted by atomic mass is 35.5. The Bertz CT molecular complexity index is 570. The first-order valence-corrected chi connectivity index (χ1v) is 8.40. The van der Waals surface area contributed by atoms with Crippen molar-refractivity contribution in [1.82, 2.24) is 0 Å². The van der Waals surface area contributed by atoms with E-state index in [1.165, 1.54) is 0 Å². The fourth-order valence-electron chi connectivity index (χ4n) is 2.52. The highest BCUT2D eigenvalue weighted by Crippen LogP contribution is 2.43. The molecule has 0 aliphatic carbocycles. The van der Waals surface area contributed by atoms with Gasteiger partial charge in [-0.1, -0.05) is 23.2 Å². The first-order chi connectivity index (χ1) is 8.78. The van der Waals surface area contributed by atoms with Crippen molar-refractivity contribution in [3.05, 3.63) is 33.8 Å². The summed E-state index contributed by atoms with van der Waals surface area (Å²) in [4.78, 5) is 0. The minimum absolute atomic E-state index is 0.0511. The van der Waals surface area contributed by atoms with Gasteiger partial charge in [-0.25, -0.2) is 8.42 Å². The monoisotopic (exact) mass is 323 g/mol. The molecule has 106 valence electrons. The SMILES string of the molecule is NCC1(C(O)c2cc(Cl)cc(Cl)c2)CCS(=O)(=O)C1. The van der Waals surface area contributed by atoms with Crippen LogP contribution in [0.2, 0.25) is 10.0 Å². The molecule has 3 N–H and O–H groups in total. The second kappa shape index (κ2) is 5.22. The van der Waals surface area contributed by atoms with Crippen LogP contribution in [0.25, 0.3) is 0 Å². The van der Waals surface area contributed by atoms with Gasteiger partial charge < -0.3 is 10.8 Å². The van der Waals surface area contributed by atoms with Crippen LogP contribution in [0, 0.1) is 5.41 Å². The quantitative estimate of drug-likeness (QED) is 0.888. The van der Waals surface area contributed by atoms with E-state index in [-0.39, 0.29) is 18.1 Å². The Labute approximate surface area is 122 Å². The molecule has 7 heteroatoms. The number of rotatable bonds is 3. The van der Waals surface area contributed by atoms with Gasteiger partial charge in [-0.3, -0.25) is 0 Å². The number of sulfone groups is 1. The lowest BCUT2D eigenvalue weighted by Crippen LogP contribution is -2.38. The third-order valence-corrected chi connectivity index (χ3v) is 5.88. The van der Waals surface area contributed by atoms with Gasteiger partial charge in [-0.05, 0) is 30.2 Å². The summed E-state index contributed by atoms with van der Waals surface area (Å²) in [6, 6.07) is 4.72. The molecular formula is C12H15Cl2NO3S. The standard InChI is InChI=1S/C12H15Cl2NO3S/c13-9-3-8(4-10(14)5-9)11(16)12(6-15)1-2-19(17,18)7-12/h3-5,11,16H,1-2,6-7,15H2. The van der Waals surface area contributed by atoms with Crippen LogP contribution in [0.5, 0.6) is 0 Å². The van der Waals surface area contributed by atoms with Crippen molar-refractivity contribution < 1.29 is 13.5 Å². The molecule has 1 aromatic carbocycles. The Hall–Kier alpha value is -0.330. The van der Waals surface area contributed by atoms with Gasteiger partial charge in [0.15, 0.2) is 9.84 Å². The fourth-order valence-corrected chi connectivity index (χ4v) is 5.22. The molecule has 0 amide bonds. The number of aliphatic hydroxyl groups is 1. The first-order valence-electron chi connectivity index (χ1n) is 5.83. The molecule has 1 heterocycles. The van der Waals surface area contributed by atoms with Crippen LogP contribution in [0.1, 0.15) is 18.1 Å². The average Bonchev–Trinajstić information content (AvgIpc) is 2.64. The highest BCUT2D eigenvalue weighted by Gasteiger charge is 2.47. The van der Waals surface area contributed by atoms with Crippen molar-refractivity contribution in [2.45, 2.75) is 12.5 Å². The Balaban J connectivity index is 2.39. The summed E-state index contributed by atoms with van der Waals surface area (Å²) < 4.78 is 23.3. The van der Waals surface area contributed by atoms with Gasteiger partial charge in [0.25, 0.3) is 0 Å². The van der Waals surface area contributed by atoms with E-state index < -0.39 is 21.4 Å². The smallest absolute Gasteiger partial charge is 0.151 e. The molecule has 0 aromatic heterocycles. The van der Waals surface area contributed by atoms with Crippen molar-refractivity contribution in [2.75, 3.05) is 18.1 Å². The number of nitrogens with two attached hydrogens (primary N) is 1. The van der Waals surface area contributed by atoms with Crippen LogP contribution < -0.4 is 5.73 Å². The van der Waals surface area contributed by atoms with E-state index in [0.717, 1.165) is 0 Å². The lowest BCUT2D eigenvalue weighted by Gasteiger charge is -2.32. The van der Waals surface area contributed by atoms with Crippen LogP contribution in [0.15, 0.2) is 18.2 Å². The van der Waals surface area contributed by atoms with Crippen molar-refractivity contribution in [3.8, 4) is 0 Å². The first kappa shape index (κ1) is 15.1. The van der Waals surface area contributed by atoms with E-state index in [1.54, 1.807) is 18.2 Å². The molecule has 0 spiro atoms. The summed E-state index contributed by atoms with van der Waals surface area (Å²) in [6.45, 7) is 0.0948. The molecule has 19 heavy (non-hydrogen) atoms. The summed E-state index contributed by atoms with van der Waals surface area (Å²) in [7, 11) is -3.15. The summed E-state index contributed by atoms with van der Waals surface area (Å²) in [5, 5.41) is 11.3. The summed E-state index contributed by atoms with van der Waals surface area (Å²) >= 11 is 11.8. The van der Waals surface area contributed by atoms with Crippen molar-refractivity contribution in [3.63, 3.8) is 0 Å². The van der Waals surface area contributed by atoms with E-state index in [4.69, 9.17) is 28.9 Å². The van der Waals surface area contributed by atoms with E-state index in [2.05, 4.69) is 0 Å². The van der Waals surface area contributed by atoms with Gasteiger partial charge in [0.2, 0.25) is 0 Å². The van der Waals surface area contributed by atoms with Gasteiger partial charge in [0, 0.05) is 22.0 Å². The van der Waals surface area contributed by atoms with Crippen LogP contribution in [-0.2, 0) is 9.84 Å². The van der Waals surface area contributed by atoms with Crippen LogP contribution in [-0.4, -0.2) is 31.6 Å².